The standard InChI is InChI=1S/C17H17N3O/c1-11-4-2-3-5-12(11)7-9-16(21)13-6-8-15-14(10-13)17(18)20-19-15/h2-6,8,10H,7,9H2,1H3,(H3,18,19,20). The summed E-state index contributed by atoms with van der Waals surface area (Å²) in [4.78, 5) is 12.3. The van der Waals surface area contributed by atoms with E-state index in [1.165, 1.54) is 11.1 Å². The lowest BCUT2D eigenvalue weighted by Gasteiger charge is -2.05. The molecule has 0 fully saturated rings. The summed E-state index contributed by atoms with van der Waals surface area (Å²) < 4.78 is 0. The minimum absolute atomic E-state index is 0.126. The van der Waals surface area contributed by atoms with Crippen LogP contribution >= 0.6 is 0 Å². The second-order valence-corrected chi connectivity index (χ2v) is 5.22. The van der Waals surface area contributed by atoms with Crippen molar-refractivity contribution < 1.29 is 4.79 Å². The number of hydrogen-bond donors (Lipinski definition) is 2. The van der Waals surface area contributed by atoms with Crippen molar-refractivity contribution in [2.24, 2.45) is 0 Å². The Balaban J connectivity index is 1.78. The van der Waals surface area contributed by atoms with Gasteiger partial charge in [-0.1, -0.05) is 24.3 Å². The van der Waals surface area contributed by atoms with Crippen LogP contribution in [0, 0.1) is 6.92 Å². The summed E-state index contributed by atoms with van der Waals surface area (Å²) in [6.45, 7) is 2.07. The molecule has 1 aromatic heterocycles. The van der Waals surface area contributed by atoms with E-state index in [1.54, 1.807) is 0 Å². The minimum atomic E-state index is 0.126. The third-order valence-corrected chi connectivity index (χ3v) is 3.80. The molecule has 0 amide bonds. The maximum Gasteiger partial charge on any atom is 0.163 e. The highest BCUT2D eigenvalue weighted by molar-refractivity contribution is 6.01. The molecule has 0 aliphatic rings. The molecule has 3 N–H and O–H groups in total. The number of hydrogen-bond acceptors (Lipinski definition) is 3. The van der Waals surface area contributed by atoms with Gasteiger partial charge in [-0.2, -0.15) is 5.10 Å². The molecular weight excluding hydrogens is 262 g/mol. The Bertz CT molecular complexity index is 805. The zero-order chi connectivity index (χ0) is 14.8. The van der Waals surface area contributed by atoms with Crippen molar-refractivity contribution in [1.29, 1.82) is 0 Å². The lowest BCUT2D eigenvalue weighted by molar-refractivity contribution is 0.0983. The molecule has 3 aromatic rings. The van der Waals surface area contributed by atoms with E-state index in [2.05, 4.69) is 29.3 Å². The first kappa shape index (κ1) is 13.4. The summed E-state index contributed by atoms with van der Waals surface area (Å²) in [5, 5.41) is 7.58. The average molecular weight is 279 g/mol. The van der Waals surface area contributed by atoms with Crippen LogP contribution in [0.4, 0.5) is 5.82 Å². The predicted octanol–water partition coefficient (Wildman–Crippen LogP) is 3.27. The highest BCUT2D eigenvalue weighted by Crippen LogP contribution is 2.20. The third kappa shape index (κ3) is 2.65. The van der Waals surface area contributed by atoms with Gasteiger partial charge in [0.25, 0.3) is 0 Å². The van der Waals surface area contributed by atoms with E-state index in [1.807, 2.05) is 30.3 Å². The number of aromatic nitrogens is 2. The third-order valence-electron chi connectivity index (χ3n) is 3.80. The normalized spacial score (nSPS) is 10.9. The molecule has 106 valence electrons. The molecule has 0 unspecified atom stereocenters. The topological polar surface area (TPSA) is 71.8 Å². The summed E-state index contributed by atoms with van der Waals surface area (Å²) in [6, 6.07) is 13.6. The van der Waals surface area contributed by atoms with Gasteiger partial charge in [0, 0.05) is 17.4 Å². The van der Waals surface area contributed by atoms with Crippen LogP contribution in [0.5, 0.6) is 0 Å². The van der Waals surface area contributed by atoms with Crippen LogP contribution in [0.3, 0.4) is 0 Å². The van der Waals surface area contributed by atoms with Gasteiger partial charge >= 0.3 is 0 Å². The quantitative estimate of drug-likeness (QED) is 0.720. The Morgan fingerprint density at radius 3 is 2.86 bits per heavy atom. The van der Waals surface area contributed by atoms with Gasteiger partial charge < -0.3 is 5.73 Å². The molecule has 0 bridgehead atoms. The van der Waals surface area contributed by atoms with Crippen LogP contribution < -0.4 is 5.73 Å². The summed E-state index contributed by atoms with van der Waals surface area (Å²) >= 11 is 0. The molecule has 0 saturated carbocycles. The van der Waals surface area contributed by atoms with E-state index in [-0.39, 0.29) is 5.78 Å². The zero-order valence-electron chi connectivity index (χ0n) is 11.9. The number of carbonyl (C=O) groups is 1. The summed E-state index contributed by atoms with van der Waals surface area (Å²) in [5.74, 6) is 0.555. The van der Waals surface area contributed by atoms with E-state index in [0.29, 0.717) is 17.8 Å². The van der Waals surface area contributed by atoms with E-state index < -0.39 is 0 Å². The highest BCUT2D eigenvalue weighted by Gasteiger charge is 2.10. The number of benzene rings is 2. The number of ketones is 1. The molecule has 0 atom stereocenters. The van der Waals surface area contributed by atoms with E-state index in [0.717, 1.165) is 17.3 Å². The molecule has 0 spiro atoms. The van der Waals surface area contributed by atoms with Gasteiger partial charge in [-0.05, 0) is 42.7 Å². The number of nitrogens with one attached hydrogen (secondary N) is 1. The fourth-order valence-electron chi connectivity index (χ4n) is 2.49. The Morgan fingerprint density at radius 1 is 1.24 bits per heavy atom. The average Bonchev–Trinajstić information content (AvgIpc) is 2.87. The van der Waals surface area contributed by atoms with Crippen LogP contribution in [0.15, 0.2) is 42.5 Å². The number of fused-ring (bicyclic) bond motifs is 1. The molecule has 0 aliphatic carbocycles. The molecular formula is C17H17N3O. The summed E-state index contributed by atoms with van der Waals surface area (Å²) in [7, 11) is 0. The van der Waals surface area contributed by atoms with E-state index in [4.69, 9.17) is 5.73 Å². The number of anilines is 1. The van der Waals surface area contributed by atoms with E-state index in [9.17, 15) is 4.79 Å². The van der Waals surface area contributed by atoms with Crippen molar-refractivity contribution in [3.63, 3.8) is 0 Å². The first-order valence-electron chi connectivity index (χ1n) is 6.96. The fourth-order valence-corrected chi connectivity index (χ4v) is 2.49. The Labute approximate surface area is 123 Å². The number of H-pyrrole nitrogens is 1. The number of nitrogens with two attached hydrogens (primary N) is 1. The van der Waals surface area contributed by atoms with Crippen molar-refractivity contribution in [3.8, 4) is 0 Å². The summed E-state index contributed by atoms with van der Waals surface area (Å²) in [6.07, 6.45) is 1.25. The van der Waals surface area contributed by atoms with Crippen LogP contribution in [-0.2, 0) is 6.42 Å². The van der Waals surface area contributed by atoms with Gasteiger partial charge in [-0.15, -0.1) is 0 Å². The maximum atomic E-state index is 12.3. The Hall–Kier alpha value is -2.62. The van der Waals surface area contributed by atoms with Crippen LogP contribution in [0.25, 0.3) is 10.9 Å². The second-order valence-electron chi connectivity index (χ2n) is 5.22. The lowest BCUT2D eigenvalue weighted by atomic mass is 9.99. The van der Waals surface area contributed by atoms with Crippen LogP contribution in [0.2, 0.25) is 0 Å². The number of nitrogen functional groups attached to an aromatic ring is 1. The number of nitrogens with zero attached hydrogens (tertiary/aromatic N) is 1. The SMILES string of the molecule is Cc1ccccc1CCC(=O)c1ccc2[nH]nc(N)c2c1. The first-order valence-corrected chi connectivity index (χ1v) is 6.96. The second kappa shape index (κ2) is 5.40. The molecule has 0 aliphatic heterocycles. The maximum absolute atomic E-state index is 12.3. The molecule has 1 heterocycles. The largest absolute Gasteiger partial charge is 0.382 e. The highest BCUT2D eigenvalue weighted by atomic mass is 16.1. The number of rotatable bonds is 4. The molecule has 3 rings (SSSR count). The molecule has 2 aromatic carbocycles. The van der Waals surface area contributed by atoms with Gasteiger partial charge in [0.05, 0.1) is 5.52 Å². The fraction of sp³-hybridized carbons (Fsp3) is 0.176. The predicted molar refractivity (Wildman–Crippen MR) is 84.3 cm³/mol. The Morgan fingerprint density at radius 2 is 2.05 bits per heavy atom. The summed E-state index contributed by atoms with van der Waals surface area (Å²) in [5.41, 5.74) is 9.75. The van der Waals surface area contributed by atoms with E-state index >= 15 is 0 Å². The number of aromatic amines is 1. The Kier molecular flexibility index (Phi) is 3.44. The van der Waals surface area contributed by atoms with Gasteiger partial charge in [0.1, 0.15) is 0 Å². The van der Waals surface area contributed by atoms with Crippen molar-refractivity contribution in [2.75, 3.05) is 5.73 Å². The van der Waals surface area contributed by atoms with Gasteiger partial charge in [-0.25, -0.2) is 0 Å². The number of Topliss-reactive ketones (excluding diaryl/α,β-unsaturated/α-hetero) is 1. The molecule has 0 saturated heterocycles. The first-order chi connectivity index (χ1) is 10.1. The number of aryl methyl sites for hydroxylation is 2. The molecule has 0 radical (unpaired) electrons. The van der Waals surface area contributed by atoms with Gasteiger partial charge in [-0.3, -0.25) is 9.89 Å². The minimum Gasteiger partial charge on any atom is -0.382 e. The van der Waals surface area contributed by atoms with Crippen molar-refractivity contribution in [2.45, 2.75) is 19.8 Å². The zero-order valence-corrected chi connectivity index (χ0v) is 11.9. The van der Waals surface area contributed by atoms with Crippen LogP contribution in [-0.4, -0.2) is 16.0 Å². The van der Waals surface area contributed by atoms with Crippen molar-refractivity contribution in [1.82, 2.24) is 10.2 Å². The van der Waals surface area contributed by atoms with Gasteiger partial charge in [0.2, 0.25) is 0 Å². The molecule has 4 heteroatoms. The smallest absolute Gasteiger partial charge is 0.163 e. The molecule has 21 heavy (non-hydrogen) atoms. The molecule has 4 nitrogen and oxygen atoms in total. The number of carbonyl (C=O) groups excluding carboxylic acids is 1. The van der Waals surface area contributed by atoms with Crippen molar-refractivity contribution >= 4 is 22.5 Å². The monoisotopic (exact) mass is 279 g/mol. The van der Waals surface area contributed by atoms with Crippen molar-refractivity contribution in [3.05, 3.63) is 59.2 Å². The lowest BCUT2D eigenvalue weighted by Crippen LogP contribution is -2.02. The van der Waals surface area contributed by atoms with Gasteiger partial charge in [0.15, 0.2) is 11.6 Å². The van der Waals surface area contributed by atoms with Crippen LogP contribution in [0.1, 0.15) is 27.9 Å².